The Kier molecular flexibility index (Phi) is 4.52. The SMILES string of the molecule is O=C(Nc1nnc(NCc2ccc3c(c2)OCO3)s1)c1ccc2cccnc2c1O. The monoisotopic (exact) mass is 421 g/mol. The Hall–Kier alpha value is -3.92. The van der Waals surface area contributed by atoms with Crippen molar-refractivity contribution in [3.8, 4) is 17.2 Å². The molecule has 150 valence electrons. The number of hydrogen-bond acceptors (Lipinski definition) is 9. The predicted octanol–water partition coefficient (Wildman–Crippen LogP) is 3.39. The molecule has 0 saturated carbocycles. The van der Waals surface area contributed by atoms with Crippen molar-refractivity contribution < 1.29 is 19.4 Å². The predicted molar refractivity (Wildman–Crippen MR) is 111 cm³/mol. The Labute approximate surface area is 174 Å². The highest BCUT2D eigenvalue weighted by molar-refractivity contribution is 7.19. The zero-order valence-corrected chi connectivity index (χ0v) is 16.3. The summed E-state index contributed by atoms with van der Waals surface area (Å²) in [5.74, 6) is 0.783. The fourth-order valence-electron chi connectivity index (χ4n) is 3.05. The fourth-order valence-corrected chi connectivity index (χ4v) is 3.69. The molecule has 0 radical (unpaired) electrons. The van der Waals surface area contributed by atoms with Crippen LogP contribution >= 0.6 is 11.3 Å². The van der Waals surface area contributed by atoms with Crippen molar-refractivity contribution in [3.63, 3.8) is 0 Å². The average Bonchev–Trinajstić information content (AvgIpc) is 3.41. The van der Waals surface area contributed by atoms with Crippen molar-refractivity contribution in [3.05, 3.63) is 59.8 Å². The second-order valence-corrected chi connectivity index (χ2v) is 7.42. The van der Waals surface area contributed by atoms with E-state index in [1.807, 2.05) is 24.3 Å². The number of phenolic OH excluding ortho intramolecular Hbond substituents is 1. The van der Waals surface area contributed by atoms with Gasteiger partial charge in [0.1, 0.15) is 5.52 Å². The summed E-state index contributed by atoms with van der Waals surface area (Å²) in [6, 6.07) is 12.5. The van der Waals surface area contributed by atoms with E-state index in [1.54, 1.807) is 24.4 Å². The van der Waals surface area contributed by atoms with Crippen molar-refractivity contribution >= 4 is 38.4 Å². The number of pyridine rings is 1. The number of carbonyl (C=O) groups excluding carboxylic acids is 1. The topological polar surface area (TPSA) is 118 Å². The van der Waals surface area contributed by atoms with Crippen molar-refractivity contribution in [2.45, 2.75) is 6.54 Å². The smallest absolute Gasteiger partial charge is 0.261 e. The van der Waals surface area contributed by atoms with Crippen molar-refractivity contribution in [2.24, 2.45) is 0 Å². The van der Waals surface area contributed by atoms with Crippen LogP contribution in [0.3, 0.4) is 0 Å². The average molecular weight is 421 g/mol. The van der Waals surface area contributed by atoms with E-state index in [1.165, 1.54) is 11.3 Å². The molecule has 9 nitrogen and oxygen atoms in total. The second-order valence-electron chi connectivity index (χ2n) is 6.44. The van der Waals surface area contributed by atoms with Crippen molar-refractivity contribution in [2.75, 3.05) is 17.4 Å². The molecule has 2 aromatic carbocycles. The van der Waals surface area contributed by atoms with Crippen molar-refractivity contribution in [1.82, 2.24) is 15.2 Å². The number of benzene rings is 2. The Morgan fingerprint density at radius 3 is 2.90 bits per heavy atom. The molecule has 1 aliphatic rings. The fraction of sp³-hybridized carbons (Fsp3) is 0.100. The first-order chi connectivity index (χ1) is 14.7. The molecule has 0 saturated heterocycles. The molecule has 0 atom stereocenters. The van der Waals surface area contributed by atoms with Crippen molar-refractivity contribution in [1.29, 1.82) is 0 Å². The third kappa shape index (κ3) is 3.44. The maximum atomic E-state index is 12.6. The maximum absolute atomic E-state index is 12.6. The van der Waals surface area contributed by atoms with E-state index in [-0.39, 0.29) is 18.1 Å². The van der Waals surface area contributed by atoms with E-state index in [0.717, 1.165) is 16.7 Å². The van der Waals surface area contributed by atoms with Crippen LogP contribution in [0.4, 0.5) is 10.3 Å². The van der Waals surface area contributed by atoms with Gasteiger partial charge in [0.05, 0.1) is 5.56 Å². The van der Waals surface area contributed by atoms with Gasteiger partial charge in [0.15, 0.2) is 17.2 Å². The van der Waals surface area contributed by atoms with Gasteiger partial charge < -0.3 is 19.9 Å². The molecule has 0 fully saturated rings. The zero-order chi connectivity index (χ0) is 20.5. The van der Waals surface area contributed by atoms with E-state index in [4.69, 9.17) is 9.47 Å². The van der Waals surface area contributed by atoms with Gasteiger partial charge >= 0.3 is 0 Å². The van der Waals surface area contributed by atoms with Gasteiger partial charge in [0.25, 0.3) is 5.91 Å². The molecule has 0 bridgehead atoms. The van der Waals surface area contributed by atoms with E-state index < -0.39 is 5.91 Å². The standard InChI is InChI=1S/C20H15N5O4S/c26-17-13(5-4-12-2-1-7-21-16(12)17)18(27)23-20-25-24-19(30-20)22-9-11-3-6-14-15(8-11)29-10-28-14/h1-8,26H,9-10H2,(H,22,24)(H,23,25,27). The lowest BCUT2D eigenvalue weighted by molar-refractivity contribution is 0.102. The molecule has 4 aromatic rings. The number of anilines is 2. The summed E-state index contributed by atoms with van der Waals surface area (Å²) < 4.78 is 10.7. The van der Waals surface area contributed by atoms with E-state index in [0.29, 0.717) is 28.1 Å². The Morgan fingerprint density at radius 1 is 1.10 bits per heavy atom. The van der Waals surface area contributed by atoms with Gasteiger partial charge in [0, 0.05) is 18.1 Å². The van der Waals surface area contributed by atoms with Crippen LogP contribution in [-0.2, 0) is 6.54 Å². The number of aromatic hydroxyl groups is 1. The van der Waals surface area contributed by atoms with Crippen LogP contribution in [0, 0.1) is 0 Å². The van der Waals surface area contributed by atoms with Crippen LogP contribution in [0.2, 0.25) is 0 Å². The molecule has 5 rings (SSSR count). The first-order valence-corrected chi connectivity index (χ1v) is 9.83. The van der Waals surface area contributed by atoms with E-state index >= 15 is 0 Å². The summed E-state index contributed by atoms with van der Waals surface area (Å²) in [4.78, 5) is 16.7. The lowest BCUT2D eigenvalue weighted by Gasteiger charge is -2.06. The molecule has 0 spiro atoms. The number of phenols is 1. The Bertz CT molecular complexity index is 1260. The van der Waals surface area contributed by atoms with E-state index in [9.17, 15) is 9.90 Å². The molecular formula is C20H15N5O4S. The minimum absolute atomic E-state index is 0.117. The number of aromatic nitrogens is 3. The lowest BCUT2D eigenvalue weighted by atomic mass is 10.1. The molecule has 3 N–H and O–H groups in total. The van der Waals surface area contributed by atoms with Gasteiger partial charge in [-0.15, -0.1) is 10.2 Å². The molecule has 0 unspecified atom stereocenters. The van der Waals surface area contributed by atoms with Crippen LogP contribution in [0.15, 0.2) is 48.7 Å². The normalized spacial score (nSPS) is 12.1. The molecule has 0 aliphatic carbocycles. The first kappa shape index (κ1) is 18.1. The molecule has 2 aromatic heterocycles. The van der Waals surface area contributed by atoms with Gasteiger partial charge in [0.2, 0.25) is 17.1 Å². The summed E-state index contributed by atoms with van der Waals surface area (Å²) >= 11 is 1.19. The highest BCUT2D eigenvalue weighted by Gasteiger charge is 2.17. The molecular weight excluding hydrogens is 406 g/mol. The summed E-state index contributed by atoms with van der Waals surface area (Å²) in [6.07, 6.45) is 1.56. The van der Waals surface area contributed by atoms with Crippen LogP contribution in [-0.4, -0.2) is 33.0 Å². The number of carbonyl (C=O) groups is 1. The third-order valence-electron chi connectivity index (χ3n) is 4.52. The third-order valence-corrected chi connectivity index (χ3v) is 5.32. The summed E-state index contributed by atoms with van der Waals surface area (Å²) in [5.41, 5.74) is 1.48. The van der Waals surface area contributed by atoms with Gasteiger partial charge in [-0.05, 0) is 29.8 Å². The lowest BCUT2D eigenvalue weighted by Crippen LogP contribution is -2.12. The second kappa shape index (κ2) is 7.48. The first-order valence-electron chi connectivity index (χ1n) is 9.01. The van der Waals surface area contributed by atoms with Crippen LogP contribution in [0.25, 0.3) is 10.9 Å². The van der Waals surface area contributed by atoms with Gasteiger partial charge in [-0.2, -0.15) is 0 Å². The number of hydrogen-bond donors (Lipinski definition) is 3. The van der Waals surface area contributed by atoms with Crippen LogP contribution in [0.5, 0.6) is 17.2 Å². The number of ether oxygens (including phenoxy) is 2. The number of amides is 1. The van der Waals surface area contributed by atoms with Gasteiger partial charge in [-0.3, -0.25) is 15.1 Å². The minimum atomic E-state index is -0.487. The number of nitrogens with zero attached hydrogens (tertiary/aromatic N) is 3. The number of rotatable bonds is 5. The zero-order valence-electron chi connectivity index (χ0n) is 15.5. The highest BCUT2D eigenvalue weighted by Crippen LogP contribution is 2.33. The Balaban J connectivity index is 1.26. The minimum Gasteiger partial charge on any atom is -0.505 e. The van der Waals surface area contributed by atoms with Crippen LogP contribution < -0.4 is 20.1 Å². The highest BCUT2D eigenvalue weighted by atomic mass is 32.1. The summed E-state index contributed by atoms with van der Waals surface area (Å²) in [6.45, 7) is 0.741. The largest absolute Gasteiger partial charge is 0.505 e. The van der Waals surface area contributed by atoms with Gasteiger partial charge in [-0.1, -0.05) is 29.5 Å². The Morgan fingerprint density at radius 2 is 1.97 bits per heavy atom. The summed E-state index contributed by atoms with van der Waals surface area (Å²) in [7, 11) is 0. The van der Waals surface area contributed by atoms with Gasteiger partial charge in [-0.25, -0.2) is 0 Å². The molecule has 1 amide bonds. The van der Waals surface area contributed by atoms with E-state index in [2.05, 4.69) is 25.8 Å². The van der Waals surface area contributed by atoms with Crippen LogP contribution in [0.1, 0.15) is 15.9 Å². The number of nitrogens with one attached hydrogen (secondary N) is 2. The summed E-state index contributed by atoms with van der Waals surface area (Å²) in [5, 5.41) is 25.8. The molecule has 3 heterocycles. The molecule has 1 aliphatic heterocycles. The molecule has 30 heavy (non-hydrogen) atoms. The quantitative estimate of drug-likeness (QED) is 0.449. The molecule has 10 heteroatoms. The maximum Gasteiger partial charge on any atom is 0.261 e. The number of fused-ring (bicyclic) bond motifs is 2.